The quantitative estimate of drug-likeness (QED) is 0.782. The normalized spacial score (nSPS) is 16.7. The third-order valence-electron chi connectivity index (χ3n) is 2.70. The largest absolute Gasteiger partial charge is 0.378 e. The third-order valence-corrected chi connectivity index (χ3v) is 3.09. The Kier molecular flexibility index (Phi) is 4.03. The van der Waals surface area contributed by atoms with Crippen LogP contribution in [0.1, 0.15) is 5.56 Å². The summed E-state index contributed by atoms with van der Waals surface area (Å²) in [6.07, 6.45) is 1.10. The van der Waals surface area contributed by atoms with Crippen LogP contribution >= 0.6 is 15.9 Å². The van der Waals surface area contributed by atoms with E-state index in [1.54, 1.807) is 0 Å². The van der Waals surface area contributed by atoms with E-state index in [2.05, 4.69) is 45.1 Å². The molecule has 1 aliphatic heterocycles. The second kappa shape index (κ2) is 5.52. The van der Waals surface area contributed by atoms with Crippen LogP contribution in [0.4, 0.5) is 5.69 Å². The van der Waals surface area contributed by atoms with Crippen molar-refractivity contribution in [3.63, 3.8) is 0 Å². The Morgan fingerprint density at radius 2 is 1.80 bits per heavy atom. The Bertz CT molecular complexity index is 293. The molecule has 0 spiro atoms. The molecule has 0 aromatic heterocycles. The molecule has 2 rings (SSSR count). The number of aryl methyl sites for hydroxylation is 1. The number of hydrogen-bond donors (Lipinski definition) is 0. The van der Waals surface area contributed by atoms with Crippen LogP contribution in [0.15, 0.2) is 24.3 Å². The van der Waals surface area contributed by atoms with Gasteiger partial charge in [0.2, 0.25) is 0 Å². The Morgan fingerprint density at radius 3 is 2.40 bits per heavy atom. The maximum Gasteiger partial charge on any atom is 0.0642 e. The van der Waals surface area contributed by atoms with E-state index in [0.29, 0.717) is 0 Å². The lowest BCUT2D eigenvalue weighted by Gasteiger charge is -2.28. The molecular weight excluding hydrogens is 254 g/mol. The maximum absolute atomic E-state index is 5.34. The summed E-state index contributed by atoms with van der Waals surface area (Å²) in [6, 6.07) is 8.85. The third kappa shape index (κ3) is 2.95. The minimum absolute atomic E-state index is 0.850. The van der Waals surface area contributed by atoms with Crippen LogP contribution in [0.2, 0.25) is 0 Å². The first-order chi connectivity index (χ1) is 7.40. The zero-order valence-electron chi connectivity index (χ0n) is 8.79. The van der Waals surface area contributed by atoms with Crippen molar-refractivity contribution in [2.75, 3.05) is 36.5 Å². The lowest BCUT2D eigenvalue weighted by molar-refractivity contribution is 0.122. The van der Waals surface area contributed by atoms with E-state index in [1.165, 1.54) is 11.3 Å². The van der Waals surface area contributed by atoms with Crippen molar-refractivity contribution in [1.82, 2.24) is 0 Å². The topological polar surface area (TPSA) is 12.5 Å². The molecule has 1 aromatic carbocycles. The highest BCUT2D eigenvalue weighted by Crippen LogP contribution is 2.17. The van der Waals surface area contributed by atoms with Crippen molar-refractivity contribution in [2.24, 2.45) is 0 Å². The molecule has 15 heavy (non-hydrogen) atoms. The number of halogens is 1. The van der Waals surface area contributed by atoms with Gasteiger partial charge in [-0.1, -0.05) is 28.1 Å². The summed E-state index contributed by atoms with van der Waals surface area (Å²) < 4.78 is 5.34. The number of benzene rings is 1. The van der Waals surface area contributed by atoms with Gasteiger partial charge in [-0.15, -0.1) is 0 Å². The molecule has 1 aromatic rings. The van der Waals surface area contributed by atoms with Crippen LogP contribution in [-0.4, -0.2) is 31.6 Å². The van der Waals surface area contributed by atoms with E-state index < -0.39 is 0 Å². The molecule has 1 fully saturated rings. The predicted molar refractivity (Wildman–Crippen MR) is 67.0 cm³/mol. The summed E-state index contributed by atoms with van der Waals surface area (Å²) in [7, 11) is 0. The van der Waals surface area contributed by atoms with Crippen molar-refractivity contribution >= 4 is 21.6 Å². The lowest BCUT2D eigenvalue weighted by Crippen LogP contribution is -2.36. The smallest absolute Gasteiger partial charge is 0.0642 e. The van der Waals surface area contributed by atoms with Crippen LogP contribution in [0, 0.1) is 0 Å². The van der Waals surface area contributed by atoms with Crippen molar-refractivity contribution in [3.8, 4) is 0 Å². The van der Waals surface area contributed by atoms with Crippen LogP contribution in [0.5, 0.6) is 0 Å². The van der Waals surface area contributed by atoms with E-state index in [0.717, 1.165) is 38.1 Å². The van der Waals surface area contributed by atoms with Crippen molar-refractivity contribution < 1.29 is 4.74 Å². The summed E-state index contributed by atoms with van der Waals surface area (Å²) in [6.45, 7) is 3.72. The first-order valence-corrected chi connectivity index (χ1v) is 6.50. The van der Waals surface area contributed by atoms with Crippen LogP contribution in [0.3, 0.4) is 0 Å². The average molecular weight is 270 g/mol. The highest BCUT2D eigenvalue weighted by molar-refractivity contribution is 9.09. The highest BCUT2D eigenvalue weighted by atomic mass is 79.9. The molecule has 1 saturated heterocycles. The predicted octanol–water partition coefficient (Wildman–Crippen LogP) is 2.46. The Balaban J connectivity index is 2.02. The van der Waals surface area contributed by atoms with Crippen molar-refractivity contribution in [1.29, 1.82) is 0 Å². The first-order valence-electron chi connectivity index (χ1n) is 5.38. The number of ether oxygens (including phenoxy) is 1. The van der Waals surface area contributed by atoms with Gasteiger partial charge in [0.15, 0.2) is 0 Å². The number of rotatable bonds is 3. The molecule has 1 aliphatic rings. The number of nitrogens with zero attached hydrogens (tertiary/aromatic N) is 1. The summed E-state index contributed by atoms with van der Waals surface area (Å²) in [5.74, 6) is 0. The fourth-order valence-electron chi connectivity index (χ4n) is 1.80. The fourth-order valence-corrected chi connectivity index (χ4v) is 2.26. The summed E-state index contributed by atoms with van der Waals surface area (Å²) in [5, 5.41) is 1.03. The second-order valence-corrected chi connectivity index (χ2v) is 4.50. The van der Waals surface area contributed by atoms with Gasteiger partial charge in [0.1, 0.15) is 0 Å². The number of anilines is 1. The Hall–Kier alpha value is -0.540. The van der Waals surface area contributed by atoms with Crippen molar-refractivity contribution in [2.45, 2.75) is 6.42 Å². The molecule has 2 nitrogen and oxygen atoms in total. The van der Waals surface area contributed by atoms with E-state index in [-0.39, 0.29) is 0 Å². The molecule has 82 valence electrons. The van der Waals surface area contributed by atoms with Gasteiger partial charge in [0.05, 0.1) is 13.2 Å². The van der Waals surface area contributed by atoms with Gasteiger partial charge in [0.25, 0.3) is 0 Å². The Morgan fingerprint density at radius 1 is 1.13 bits per heavy atom. The molecule has 0 bridgehead atoms. The van der Waals surface area contributed by atoms with E-state index in [4.69, 9.17) is 4.74 Å². The summed E-state index contributed by atoms with van der Waals surface area (Å²) >= 11 is 3.45. The van der Waals surface area contributed by atoms with Gasteiger partial charge in [-0.3, -0.25) is 0 Å². The molecule has 0 N–H and O–H groups in total. The van der Waals surface area contributed by atoms with Crippen molar-refractivity contribution in [3.05, 3.63) is 29.8 Å². The van der Waals surface area contributed by atoms with Gasteiger partial charge in [-0.2, -0.15) is 0 Å². The van der Waals surface area contributed by atoms with Crippen LogP contribution < -0.4 is 4.90 Å². The van der Waals surface area contributed by atoms with E-state index in [1.807, 2.05) is 0 Å². The SMILES string of the molecule is BrCCc1ccc(N2CCOCC2)cc1. The molecule has 1 heterocycles. The van der Waals surface area contributed by atoms with Gasteiger partial charge >= 0.3 is 0 Å². The highest BCUT2D eigenvalue weighted by Gasteiger charge is 2.10. The fraction of sp³-hybridized carbons (Fsp3) is 0.500. The molecule has 0 radical (unpaired) electrons. The van der Waals surface area contributed by atoms with Gasteiger partial charge in [0, 0.05) is 24.1 Å². The number of hydrogen-bond acceptors (Lipinski definition) is 2. The molecule has 0 saturated carbocycles. The minimum atomic E-state index is 0.850. The van der Waals surface area contributed by atoms with E-state index >= 15 is 0 Å². The molecule has 0 amide bonds. The molecule has 3 heteroatoms. The molecule has 0 aliphatic carbocycles. The minimum Gasteiger partial charge on any atom is -0.378 e. The zero-order valence-corrected chi connectivity index (χ0v) is 10.4. The van der Waals surface area contributed by atoms with Crippen LogP contribution in [0.25, 0.3) is 0 Å². The molecule has 0 atom stereocenters. The number of alkyl halides is 1. The summed E-state index contributed by atoms with van der Waals surface area (Å²) in [4.78, 5) is 2.38. The lowest BCUT2D eigenvalue weighted by atomic mass is 10.1. The monoisotopic (exact) mass is 269 g/mol. The number of morpholine rings is 1. The molecule has 0 unspecified atom stereocenters. The standard InChI is InChI=1S/C12H16BrNO/c13-6-5-11-1-3-12(4-2-11)14-7-9-15-10-8-14/h1-4H,5-10H2. The first kappa shape index (κ1) is 11.0. The van der Waals surface area contributed by atoms with E-state index in [9.17, 15) is 0 Å². The summed E-state index contributed by atoms with van der Waals surface area (Å²) in [5.41, 5.74) is 2.71. The average Bonchev–Trinajstić information content (AvgIpc) is 2.32. The maximum atomic E-state index is 5.34. The zero-order chi connectivity index (χ0) is 10.5. The van der Waals surface area contributed by atoms with Gasteiger partial charge in [-0.05, 0) is 24.1 Å². The van der Waals surface area contributed by atoms with Gasteiger partial charge < -0.3 is 9.64 Å². The Labute approximate surface area is 99.4 Å². The van der Waals surface area contributed by atoms with Gasteiger partial charge in [-0.25, -0.2) is 0 Å². The van der Waals surface area contributed by atoms with Crippen LogP contribution in [-0.2, 0) is 11.2 Å². The molecular formula is C12H16BrNO. The second-order valence-electron chi connectivity index (χ2n) is 3.70.